The summed E-state index contributed by atoms with van der Waals surface area (Å²) in [7, 11) is 1.33. The number of rotatable bonds is 1. The van der Waals surface area contributed by atoms with E-state index in [1.807, 2.05) is 0 Å². The van der Waals surface area contributed by atoms with Gasteiger partial charge in [-0.25, -0.2) is 0 Å². The fraction of sp³-hybridized carbons (Fsp3) is 0.905. The van der Waals surface area contributed by atoms with Crippen LogP contribution in [0.15, 0.2) is 0 Å². The van der Waals surface area contributed by atoms with E-state index in [9.17, 15) is 9.59 Å². The summed E-state index contributed by atoms with van der Waals surface area (Å²) in [5, 5.41) is 0. The number of esters is 1. The first-order valence-electron chi connectivity index (χ1n) is 10.7. The third-order valence-electron chi connectivity index (χ3n) is 4.61. The van der Waals surface area contributed by atoms with E-state index in [0.717, 1.165) is 32.1 Å². The summed E-state index contributed by atoms with van der Waals surface area (Å²) in [5.41, 5.74) is 0. The number of carbonyl (C=O) groups excluding carboxylic acids is 2. The Morgan fingerprint density at radius 2 is 1.14 bits per heavy atom. The minimum Gasteiger partial charge on any atom is -0.468 e. The summed E-state index contributed by atoms with van der Waals surface area (Å²) in [6.07, 6.45) is 4.98. The first-order chi connectivity index (χ1) is 14.3. The highest BCUT2D eigenvalue weighted by Crippen LogP contribution is 2.16. The van der Waals surface area contributed by atoms with Gasteiger partial charge >= 0.3 is 5.97 Å². The molecule has 1 atom stereocenters. The first-order valence-corrected chi connectivity index (χ1v) is 10.7. The molecule has 1 unspecified atom stereocenters. The smallest absolute Gasteiger partial charge is 0.316 e. The molecule has 0 aromatic heterocycles. The normalized spacial score (nSPS) is 24.3. The van der Waals surface area contributed by atoms with Crippen LogP contribution in [0.1, 0.15) is 44.9 Å². The number of ketones is 1. The van der Waals surface area contributed by atoms with E-state index in [1.165, 1.54) is 7.11 Å². The monoisotopic (exact) mass is 418 g/mol. The minimum atomic E-state index is -0.665. The molecule has 29 heavy (non-hydrogen) atoms. The Kier molecular flexibility index (Phi) is 17.0. The zero-order valence-electron chi connectivity index (χ0n) is 17.9. The van der Waals surface area contributed by atoms with Gasteiger partial charge in [-0.1, -0.05) is 6.42 Å². The van der Waals surface area contributed by atoms with Crippen molar-refractivity contribution in [3.63, 3.8) is 0 Å². The van der Waals surface area contributed by atoms with Crippen molar-refractivity contribution in [3.8, 4) is 0 Å². The lowest BCUT2D eigenvalue weighted by Crippen LogP contribution is -2.25. The van der Waals surface area contributed by atoms with Gasteiger partial charge in [0.1, 0.15) is 11.7 Å². The van der Waals surface area contributed by atoms with Crippen molar-refractivity contribution in [2.24, 2.45) is 5.92 Å². The van der Waals surface area contributed by atoms with Gasteiger partial charge in [0.25, 0.3) is 0 Å². The molecule has 8 heteroatoms. The predicted molar refractivity (Wildman–Crippen MR) is 107 cm³/mol. The van der Waals surface area contributed by atoms with Crippen LogP contribution < -0.4 is 0 Å². The zero-order valence-corrected chi connectivity index (χ0v) is 17.9. The molecule has 0 aromatic carbocycles. The van der Waals surface area contributed by atoms with Crippen LogP contribution in [0.4, 0.5) is 0 Å². The van der Waals surface area contributed by atoms with Crippen LogP contribution in [0.2, 0.25) is 0 Å². The Morgan fingerprint density at radius 1 is 0.690 bits per heavy atom. The second kappa shape index (κ2) is 18.9. The van der Waals surface area contributed by atoms with E-state index >= 15 is 0 Å². The molecule has 0 amide bonds. The van der Waals surface area contributed by atoms with Crippen molar-refractivity contribution in [2.45, 2.75) is 44.9 Å². The lowest BCUT2D eigenvalue weighted by molar-refractivity contribution is -0.149. The molecule has 8 nitrogen and oxygen atoms in total. The number of Topliss-reactive ketones (excluding diaryl/α,β-unsaturated/α-hetero) is 1. The maximum absolute atomic E-state index is 12.4. The highest BCUT2D eigenvalue weighted by Gasteiger charge is 2.26. The number of ether oxygens (including phenoxy) is 6. The summed E-state index contributed by atoms with van der Waals surface area (Å²) < 4.78 is 32.1. The molecule has 0 bridgehead atoms. The van der Waals surface area contributed by atoms with Gasteiger partial charge in [-0.3, -0.25) is 9.59 Å². The van der Waals surface area contributed by atoms with Gasteiger partial charge in [0.2, 0.25) is 0 Å². The van der Waals surface area contributed by atoms with E-state index in [-0.39, 0.29) is 5.78 Å². The van der Waals surface area contributed by atoms with Crippen molar-refractivity contribution in [2.75, 3.05) is 73.2 Å². The van der Waals surface area contributed by atoms with Gasteiger partial charge < -0.3 is 28.4 Å². The van der Waals surface area contributed by atoms with Gasteiger partial charge in [-0.2, -0.15) is 0 Å². The third kappa shape index (κ3) is 14.5. The Balaban J connectivity index is 2.33. The van der Waals surface area contributed by atoms with E-state index in [1.54, 1.807) is 0 Å². The molecule has 1 aliphatic heterocycles. The summed E-state index contributed by atoms with van der Waals surface area (Å²) >= 11 is 0. The molecule has 0 spiro atoms. The Hall–Kier alpha value is -1.06. The molecule has 0 aliphatic carbocycles. The van der Waals surface area contributed by atoms with Gasteiger partial charge in [0.15, 0.2) is 0 Å². The molecule has 0 aromatic rings. The lowest BCUT2D eigenvalue weighted by atomic mass is 9.94. The highest BCUT2D eigenvalue weighted by atomic mass is 16.6. The molecule has 1 aliphatic rings. The maximum atomic E-state index is 12.4. The van der Waals surface area contributed by atoms with Crippen molar-refractivity contribution < 1.29 is 38.0 Å². The summed E-state index contributed by atoms with van der Waals surface area (Å²) in [6.45, 7) is 5.48. The van der Waals surface area contributed by atoms with E-state index in [4.69, 9.17) is 28.4 Å². The average molecular weight is 419 g/mol. The van der Waals surface area contributed by atoms with Gasteiger partial charge in [0, 0.05) is 19.6 Å². The van der Waals surface area contributed by atoms with Crippen LogP contribution in [-0.4, -0.2) is 84.9 Å². The maximum Gasteiger partial charge on any atom is 0.316 e. The first kappa shape index (κ1) is 26.0. The Bertz CT molecular complexity index is 415. The van der Waals surface area contributed by atoms with Crippen LogP contribution in [-0.2, 0) is 38.0 Å². The van der Waals surface area contributed by atoms with Crippen LogP contribution in [0.25, 0.3) is 0 Å². The van der Waals surface area contributed by atoms with Gasteiger partial charge in [-0.15, -0.1) is 0 Å². The topological polar surface area (TPSA) is 89.5 Å². The second-order valence-electron chi connectivity index (χ2n) is 6.91. The molecular formula is C21H38O8. The van der Waals surface area contributed by atoms with Crippen LogP contribution in [0.3, 0.4) is 0 Å². The number of hydrogen-bond acceptors (Lipinski definition) is 8. The van der Waals surface area contributed by atoms with E-state index < -0.39 is 11.9 Å². The summed E-state index contributed by atoms with van der Waals surface area (Å²) in [6, 6.07) is 0. The molecule has 1 fully saturated rings. The highest BCUT2D eigenvalue weighted by molar-refractivity contribution is 5.98. The minimum absolute atomic E-state index is 0.0304. The molecule has 1 heterocycles. The molecule has 1 rings (SSSR count). The largest absolute Gasteiger partial charge is 0.468 e. The second-order valence-corrected chi connectivity index (χ2v) is 6.91. The fourth-order valence-corrected chi connectivity index (χ4v) is 2.94. The summed E-state index contributed by atoms with van der Waals surface area (Å²) in [5.74, 6) is -1.13. The predicted octanol–water partition coefficient (Wildman–Crippen LogP) is 2.17. The molecule has 1 saturated heterocycles. The van der Waals surface area contributed by atoms with E-state index in [2.05, 4.69) is 0 Å². The van der Waals surface area contributed by atoms with Crippen LogP contribution in [0, 0.1) is 5.92 Å². The fourth-order valence-electron chi connectivity index (χ4n) is 2.94. The molecule has 170 valence electrons. The molecular weight excluding hydrogens is 380 g/mol. The van der Waals surface area contributed by atoms with E-state index in [0.29, 0.717) is 78.9 Å². The summed E-state index contributed by atoms with van der Waals surface area (Å²) in [4.78, 5) is 24.4. The Labute approximate surface area is 174 Å². The third-order valence-corrected chi connectivity index (χ3v) is 4.61. The van der Waals surface area contributed by atoms with Crippen molar-refractivity contribution in [1.29, 1.82) is 0 Å². The molecule has 0 saturated carbocycles. The van der Waals surface area contributed by atoms with Crippen LogP contribution in [0.5, 0.6) is 0 Å². The van der Waals surface area contributed by atoms with Gasteiger partial charge in [0.05, 0.1) is 60.0 Å². The van der Waals surface area contributed by atoms with Gasteiger partial charge in [-0.05, 0) is 32.1 Å². The van der Waals surface area contributed by atoms with Crippen molar-refractivity contribution in [1.82, 2.24) is 0 Å². The standard InChI is InChI=1S/C21H38O8/c1-24-21(23)19-7-4-6-10-26-12-14-28-16-18-29-17-15-27-13-11-25-9-5-2-3-8-20(19)22/h19H,2-18H2,1H3. The van der Waals surface area contributed by atoms with Crippen molar-refractivity contribution >= 4 is 11.8 Å². The lowest BCUT2D eigenvalue weighted by Gasteiger charge is -2.14. The molecule has 0 radical (unpaired) electrons. The number of carbonyl (C=O) groups is 2. The van der Waals surface area contributed by atoms with Crippen LogP contribution >= 0.6 is 0 Å². The quantitative estimate of drug-likeness (QED) is 0.473. The number of hydrogen-bond donors (Lipinski definition) is 0. The molecule has 0 N–H and O–H groups in total. The average Bonchev–Trinajstić information content (AvgIpc) is 2.73. The SMILES string of the molecule is COC(=O)C1CCCCOCCOCCOCCOCCOCCCCCC1=O. The number of methoxy groups -OCH3 is 1. The zero-order chi connectivity index (χ0) is 21.0. The Morgan fingerprint density at radius 3 is 1.62 bits per heavy atom. The van der Waals surface area contributed by atoms with Crippen molar-refractivity contribution in [3.05, 3.63) is 0 Å².